The van der Waals surface area contributed by atoms with Crippen molar-refractivity contribution >= 4 is 64.2 Å². The van der Waals surface area contributed by atoms with E-state index in [0.29, 0.717) is 42.3 Å². The van der Waals surface area contributed by atoms with Crippen LogP contribution < -0.4 is 15.1 Å². The predicted molar refractivity (Wildman–Crippen MR) is 173 cm³/mol. The number of aliphatic hydroxyl groups is 1. The number of amides is 1. The van der Waals surface area contributed by atoms with Gasteiger partial charge in [-0.2, -0.15) is 9.78 Å². The Morgan fingerprint density at radius 3 is 2.67 bits per heavy atom. The van der Waals surface area contributed by atoms with Crippen LogP contribution in [0.15, 0.2) is 24.3 Å². The van der Waals surface area contributed by atoms with Gasteiger partial charge < -0.3 is 19.8 Å². The van der Waals surface area contributed by atoms with Crippen LogP contribution in [0.25, 0.3) is 16.2 Å². The number of fused-ring (bicyclic) bond motifs is 2. The van der Waals surface area contributed by atoms with Crippen LogP contribution in [0.2, 0.25) is 0 Å². The monoisotopic (exact) mass is 635 g/mol. The van der Waals surface area contributed by atoms with Gasteiger partial charge in [-0.3, -0.25) is 9.69 Å². The lowest BCUT2D eigenvalue weighted by atomic mass is 9.97. The minimum atomic E-state index is -0.375. The van der Waals surface area contributed by atoms with Gasteiger partial charge in [-0.05, 0) is 37.5 Å². The number of aryl methyl sites for hydroxylation is 1. The highest BCUT2D eigenvalue weighted by Crippen LogP contribution is 2.40. The quantitative estimate of drug-likeness (QED) is 0.306. The Morgan fingerprint density at radius 2 is 1.95 bits per heavy atom. The number of hydrogen-bond acceptors (Lipinski definition) is 11. The Hall–Kier alpha value is -3.14. The number of carbonyl (C=O) groups excluding carboxylic acids is 1. The van der Waals surface area contributed by atoms with Crippen molar-refractivity contribution in [3.63, 3.8) is 0 Å². The summed E-state index contributed by atoms with van der Waals surface area (Å²) in [6.07, 6.45) is 3.47. The van der Waals surface area contributed by atoms with Gasteiger partial charge in [0.15, 0.2) is 10.9 Å². The molecule has 14 heteroatoms. The van der Waals surface area contributed by atoms with E-state index < -0.39 is 0 Å². The average molecular weight is 636 g/mol. The summed E-state index contributed by atoms with van der Waals surface area (Å²) in [6.45, 7) is 5.23. The molecule has 4 aromatic rings. The first kappa shape index (κ1) is 28.6. The molecule has 3 unspecified atom stereocenters. The molecule has 11 nitrogen and oxygen atoms in total. The van der Waals surface area contributed by atoms with Gasteiger partial charge in [0.1, 0.15) is 16.6 Å². The highest BCUT2D eigenvalue weighted by atomic mass is 32.1. The van der Waals surface area contributed by atoms with Gasteiger partial charge in [0.25, 0.3) is 0 Å². The van der Waals surface area contributed by atoms with E-state index in [0.717, 1.165) is 76.4 Å². The third kappa shape index (κ3) is 5.09. The number of aromatic nitrogens is 4. The molecule has 3 atom stereocenters. The number of benzene rings is 1. The van der Waals surface area contributed by atoms with Crippen molar-refractivity contribution in [2.45, 2.75) is 50.8 Å². The maximum Gasteiger partial charge on any atom is 0.236 e. The van der Waals surface area contributed by atoms with Crippen molar-refractivity contribution in [2.24, 2.45) is 0 Å². The predicted octanol–water partition coefficient (Wildman–Crippen LogP) is 2.86. The van der Waals surface area contributed by atoms with Gasteiger partial charge in [-0.25, -0.2) is 9.97 Å². The minimum absolute atomic E-state index is 0.114. The fourth-order valence-corrected chi connectivity index (χ4v) is 8.60. The highest BCUT2D eigenvalue weighted by Gasteiger charge is 2.43. The molecule has 0 bridgehead atoms. The van der Waals surface area contributed by atoms with Crippen LogP contribution in [-0.4, -0.2) is 98.4 Å². The molecule has 3 aromatic heterocycles. The number of likely N-dealkylation sites (tertiary alicyclic amines) is 2. The van der Waals surface area contributed by atoms with Crippen LogP contribution in [0.3, 0.4) is 0 Å². The topological polar surface area (TPSA) is 117 Å². The first-order chi connectivity index (χ1) is 20.8. The van der Waals surface area contributed by atoms with Crippen LogP contribution in [0.5, 0.6) is 0 Å². The van der Waals surface area contributed by atoms with E-state index in [1.54, 1.807) is 16.2 Å². The summed E-state index contributed by atoms with van der Waals surface area (Å²) in [5, 5.41) is 27.4. The summed E-state index contributed by atoms with van der Waals surface area (Å²) < 4.78 is 1.93. The number of thiazole rings is 1. The molecule has 224 valence electrons. The fourth-order valence-electron chi connectivity index (χ4n) is 6.56. The Bertz CT molecular complexity index is 1700. The van der Waals surface area contributed by atoms with Gasteiger partial charge in [-0.1, -0.05) is 53.9 Å². The normalized spacial score (nSPS) is 20.8. The summed E-state index contributed by atoms with van der Waals surface area (Å²) in [6, 6.07) is 10.9. The Labute approximate surface area is 260 Å². The van der Waals surface area contributed by atoms with E-state index >= 15 is 0 Å². The second kappa shape index (κ2) is 11.4. The van der Waals surface area contributed by atoms with Gasteiger partial charge in [-0.15, -0.1) is 14.3 Å². The Morgan fingerprint density at radius 1 is 1.16 bits per heavy atom. The van der Waals surface area contributed by atoms with Crippen molar-refractivity contribution < 1.29 is 9.90 Å². The second-order valence-electron chi connectivity index (χ2n) is 11.5. The number of imidazole rings is 1. The third-order valence-electron chi connectivity index (χ3n) is 8.80. The number of nitrogens with zero attached hydrogens (tertiary/aromatic N) is 9. The Kier molecular flexibility index (Phi) is 7.60. The zero-order valence-corrected chi connectivity index (χ0v) is 27.0. The number of anilines is 3. The van der Waals surface area contributed by atoms with Crippen LogP contribution in [0.4, 0.5) is 16.1 Å². The molecule has 43 heavy (non-hydrogen) atoms. The maximum absolute atomic E-state index is 12.8. The van der Waals surface area contributed by atoms with Gasteiger partial charge in [0.2, 0.25) is 16.0 Å². The zero-order chi connectivity index (χ0) is 29.8. The van der Waals surface area contributed by atoms with E-state index in [-0.39, 0.29) is 12.0 Å². The van der Waals surface area contributed by atoms with Crippen LogP contribution >= 0.6 is 31.9 Å². The maximum atomic E-state index is 12.8. The van der Waals surface area contributed by atoms with Crippen molar-refractivity contribution in [1.82, 2.24) is 29.4 Å². The van der Waals surface area contributed by atoms with Crippen molar-refractivity contribution in [3.8, 4) is 17.3 Å². The summed E-state index contributed by atoms with van der Waals surface area (Å²) in [5.41, 5.74) is 2.54. The van der Waals surface area contributed by atoms with Gasteiger partial charge in [0.05, 0.1) is 18.3 Å². The molecule has 6 heterocycles. The summed E-state index contributed by atoms with van der Waals surface area (Å²) in [4.78, 5) is 32.6. The molecule has 0 radical (unpaired) electrons. The first-order valence-corrected chi connectivity index (χ1v) is 16.9. The summed E-state index contributed by atoms with van der Waals surface area (Å²) in [5.74, 6) is 0.983. The van der Waals surface area contributed by atoms with Gasteiger partial charge >= 0.3 is 0 Å². The smallest absolute Gasteiger partial charge is 0.236 e. The molecule has 1 aromatic carbocycles. The fraction of sp³-hybridized carbons (Fsp3) is 0.483. The summed E-state index contributed by atoms with van der Waals surface area (Å²) in [7, 11) is 4.65. The first-order valence-electron chi connectivity index (χ1n) is 14.7. The van der Waals surface area contributed by atoms with Crippen molar-refractivity contribution in [2.75, 3.05) is 49.6 Å². The molecule has 0 saturated carbocycles. The number of hydrogen-bond donors (Lipinski definition) is 1. The molecular weight excluding hydrogens is 601 g/mol. The molecule has 3 fully saturated rings. The van der Waals surface area contributed by atoms with Crippen LogP contribution in [0.1, 0.15) is 36.8 Å². The van der Waals surface area contributed by atoms with Crippen LogP contribution in [-0.2, 0) is 11.2 Å². The van der Waals surface area contributed by atoms with E-state index in [9.17, 15) is 15.2 Å². The van der Waals surface area contributed by atoms with E-state index in [4.69, 9.17) is 15.1 Å². The Balaban J connectivity index is 1.15. The average Bonchev–Trinajstić information content (AvgIpc) is 3.77. The zero-order valence-electron chi connectivity index (χ0n) is 24.2. The largest absolute Gasteiger partial charge is 0.389 e. The lowest BCUT2D eigenvalue weighted by Crippen LogP contribution is -2.58. The molecule has 0 aliphatic carbocycles. The van der Waals surface area contributed by atoms with Crippen LogP contribution in [0, 0.1) is 11.3 Å². The molecule has 3 aliphatic rings. The number of aliphatic hydroxyl groups excluding tert-OH is 1. The number of β-amino-alcohol motifs (C(OH)–C–C–N with tert-alkyl or cyclic N) is 1. The lowest BCUT2D eigenvalue weighted by molar-refractivity contribution is -0.143. The third-order valence-corrected chi connectivity index (χ3v) is 11.2. The molecule has 7 rings (SSSR count). The molecule has 3 aliphatic heterocycles. The number of piperidine rings is 1. The second-order valence-corrected chi connectivity index (χ2v) is 14.0. The standard InChI is InChI=1S/C29H34N9O2PS2/c1-3-20-26(34(2)27-32-25(23(13-30)42-27)17-6-8-19(41)9-7-17)38-28(31-20)43-29(33-38)37-12-10-21-22(37)5-4-11-35(21)16-24(40)36-14-18(39)15-36/h6-9,18,21-22,39H,3-5,10-12,14-16,41H2,1-2H3. The highest BCUT2D eigenvalue weighted by molar-refractivity contribution is 7.27. The van der Waals surface area contributed by atoms with E-state index in [2.05, 4.69) is 32.0 Å². The number of nitriles is 1. The van der Waals surface area contributed by atoms with E-state index in [1.165, 1.54) is 11.3 Å². The SMILES string of the molecule is CCc1nc2sc(N3CCC4C3CCCN4CC(=O)N3CC(O)C3)nn2c1N(C)c1nc(-c2ccc(P)cc2)c(C#N)s1. The molecule has 1 N–H and O–H groups in total. The van der Waals surface area contributed by atoms with E-state index in [1.807, 2.05) is 40.7 Å². The van der Waals surface area contributed by atoms with Crippen molar-refractivity contribution in [1.29, 1.82) is 5.26 Å². The number of rotatable bonds is 7. The molecule has 0 spiro atoms. The molecule has 1 amide bonds. The summed E-state index contributed by atoms with van der Waals surface area (Å²) >= 11 is 2.98. The molecule has 3 saturated heterocycles. The van der Waals surface area contributed by atoms with Gasteiger partial charge in [0, 0.05) is 44.3 Å². The minimum Gasteiger partial charge on any atom is -0.389 e. The van der Waals surface area contributed by atoms with Crippen molar-refractivity contribution in [3.05, 3.63) is 34.8 Å². The number of carbonyl (C=O) groups is 1. The molecular formula is C29H34N9O2PS2. The lowest BCUT2D eigenvalue weighted by Gasteiger charge is -2.42.